The molecule has 0 fully saturated rings. The van der Waals surface area contributed by atoms with Gasteiger partial charge in [0.25, 0.3) is 0 Å². The van der Waals surface area contributed by atoms with Crippen molar-refractivity contribution in [2.45, 2.75) is 12.8 Å². The number of hydrogen-bond donors (Lipinski definition) is 0. The van der Waals surface area contributed by atoms with Crippen LogP contribution in [0.5, 0.6) is 0 Å². The Labute approximate surface area is 111 Å². The van der Waals surface area contributed by atoms with E-state index in [4.69, 9.17) is 4.74 Å². The molecule has 98 valence electrons. The largest absolute Gasteiger partial charge is 0.462 e. The van der Waals surface area contributed by atoms with E-state index in [-0.39, 0.29) is 12.2 Å². The summed E-state index contributed by atoms with van der Waals surface area (Å²) in [5.74, 6) is -1.18. The van der Waals surface area contributed by atoms with Crippen molar-refractivity contribution in [3.8, 4) is 0 Å². The average molecular weight is 259 g/mol. The number of aryl methyl sites for hydroxylation is 1. The van der Waals surface area contributed by atoms with Crippen molar-refractivity contribution < 1.29 is 13.9 Å². The quantitative estimate of drug-likeness (QED) is 0.612. The Morgan fingerprint density at radius 2 is 2.05 bits per heavy atom. The highest BCUT2D eigenvalue weighted by Crippen LogP contribution is 2.08. The van der Waals surface area contributed by atoms with Crippen molar-refractivity contribution in [3.63, 3.8) is 0 Å². The maximum Gasteiger partial charge on any atom is 0.341 e. The Kier molecular flexibility index (Phi) is 4.61. The van der Waals surface area contributed by atoms with E-state index in [2.05, 4.69) is 4.98 Å². The number of ether oxygens (including phenoxy) is 1. The lowest BCUT2D eigenvalue weighted by atomic mass is 10.2. The molecule has 0 N–H and O–H groups in total. The summed E-state index contributed by atoms with van der Waals surface area (Å²) in [5, 5.41) is 0. The van der Waals surface area contributed by atoms with Crippen LogP contribution in [0.4, 0.5) is 4.39 Å². The van der Waals surface area contributed by atoms with E-state index >= 15 is 0 Å². The van der Waals surface area contributed by atoms with Crippen LogP contribution in [0.3, 0.4) is 0 Å². The van der Waals surface area contributed by atoms with E-state index < -0.39 is 11.8 Å². The lowest BCUT2D eigenvalue weighted by Crippen LogP contribution is -2.09. The van der Waals surface area contributed by atoms with Gasteiger partial charge in [-0.05, 0) is 36.6 Å². The van der Waals surface area contributed by atoms with Gasteiger partial charge in [0, 0.05) is 12.4 Å². The normalized spacial score (nSPS) is 10.2. The van der Waals surface area contributed by atoms with Crippen LogP contribution >= 0.6 is 0 Å². The Morgan fingerprint density at radius 1 is 1.21 bits per heavy atom. The molecule has 0 atom stereocenters. The number of carbonyl (C=O) groups is 1. The smallest absolute Gasteiger partial charge is 0.341 e. The van der Waals surface area contributed by atoms with Gasteiger partial charge in [0.2, 0.25) is 0 Å². The maximum absolute atomic E-state index is 13.3. The molecule has 3 nitrogen and oxygen atoms in total. The van der Waals surface area contributed by atoms with Crippen molar-refractivity contribution in [1.82, 2.24) is 4.98 Å². The fourth-order valence-corrected chi connectivity index (χ4v) is 1.69. The molecule has 1 aromatic carbocycles. The van der Waals surface area contributed by atoms with Gasteiger partial charge >= 0.3 is 5.97 Å². The van der Waals surface area contributed by atoms with Gasteiger partial charge in [0.1, 0.15) is 5.82 Å². The summed E-state index contributed by atoms with van der Waals surface area (Å²) in [4.78, 5) is 15.6. The number of rotatable bonds is 5. The first-order chi connectivity index (χ1) is 9.27. The molecule has 2 aromatic rings. The van der Waals surface area contributed by atoms with Crippen molar-refractivity contribution in [2.24, 2.45) is 0 Å². The molecular formula is C15H14FNO2. The third-order valence-electron chi connectivity index (χ3n) is 2.66. The monoisotopic (exact) mass is 259 g/mol. The third-order valence-corrected chi connectivity index (χ3v) is 2.66. The molecule has 0 radical (unpaired) electrons. The first-order valence-corrected chi connectivity index (χ1v) is 6.08. The van der Waals surface area contributed by atoms with Crippen LogP contribution in [0, 0.1) is 5.82 Å². The number of carbonyl (C=O) groups excluding carboxylic acids is 1. The van der Waals surface area contributed by atoms with E-state index in [1.54, 1.807) is 18.5 Å². The van der Waals surface area contributed by atoms with Gasteiger partial charge in [-0.2, -0.15) is 0 Å². The molecular weight excluding hydrogens is 245 g/mol. The number of aromatic nitrogens is 1. The molecule has 0 aliphatic carbocycles. The first-order valence-electron chi connectivity index (χ1n) is 6.08. The van der Waals surface area contributed by atoms with Crippen molar-refractivity contribution in [3.05, 3.63) is 65.7 Å². The SMILES string of the molecule is O=C(OCCCc1cccnc1)c1ccccc1F. The predicted octanol–water partition coefficient (Wildman–Crippen LogP) is 3.01. The number of benzene rings is 1. The topological polar surface area (TPSA) is 39.2 Å². The molecule has 0 saturated carbocycles. The molecule has 0 saturated heterocycles. The summed E-state index contributed by atoms with van der Waals surface area (Å²) >= 11 is 0. The van der Waals surface area contributed by atoms with E-state index in [1.807, 2.05) is 12.1 Å². The summed E-state index contributed by atoms with van der Waals surface area (Å²) in [7, 11) is 0. The van der Waals surface area contributed by atoms with E-state index in [0.29, 0.717) is 6.42 Å². The van der Waals surface area contributed by atoms with Gasteiger partial charge in [-0.1, -0.05) is 18.2 Å². The van der Waals surface area contributed by atoms with Crippen LogP contribution in [-0.2, 0) is 11.2 Å². The Morgan fingerprint density at radius 3 is 2.79 bits per heavy atom. The Hall–Kier alpha value is -2.23. The second kappa shape index (κ2) is 6.64. The number of hydrogen-bond acceptors (Lipinski definition) is 3. The zero-order chi connectivity index (χ0) is 13.5. The minimum absolute atomic E-state index is 0.0242. The van der Waals surface area contributed by atoms with Crippen molar-refractivity contribution >= 4 is 5.97 Å². The minimum atomic E-state index is -0.621. The summed E-state index contributed by atoms with van der Waals surface area (Å²) in [6.07, 6.45) is 4.95. The summed E-state index contributed by atoms with van der Waals surface area (Å²) in [6, 6.07) is 9.63. The van der Waals surface area contributed by atoms with Crippen molar-refractivity contribution in [2.75, 3.05) is 6.61 Å². The zero-order valence-corrected chi connectivity index (χ0v) is 10.4. The summed E-state index contributed by atoms with van der Waals surface area (Å²) in [6.45, 7) is 0.266. The molecule has 4 heteroatoms. The zero-order valence-electron chi connectivity index (χ0n) is 10.4. The predicted molar refractivity (Wildman–Crippen MR) is 69.2 cm³/mol. The van der Waals surface area contributed by atoms with Crippen LogP contribution in [0.2, 0.25) is 0 Å². The van der Waals surface area contributed by atoms with Crippen LogP contribution in [0.25, 0.3) is 0 Å². The molecule has 0 spiro atoms. The van der Waals surface area contributed by atoms with Gasteiger partial charge in [-0.3, -0.25) is 4.98 Å². The van der Waals surface area contributed by atoms with Gasteiger partial charge in [0.15, 0.2) is 0 Å². The highest BCUT2D eigenvalue weighted by Gasteiger charge is 2.11. The highest BCUT2D eigenvalue weighted by atomic mass is 19.1. The molecule has 0 unspecified atom stereocenters. The Bertz CT molecular complexity index is 543. The minimum Gasteiger partial charge on any atom is -0.462 e. The van der Waals surface area contributed by atoms with Gasteiger partial charge in [-0.25, -0.2) is 9.18 Å². The second-order valence-electron chi connectivity index (χ2n) is 4.08. The van der Waals surface area contributed by atoms with Gasteiger partial charge < -0.3 is 4.74 Å². The lowest BCUT2D eigenvalue weighted by Gasteiger charge is -2.05. The number of nitrogens with zero attached hydrogens (tertiary/aromatic N) is 1. The fourth-order valence-electron chi connectivity index (χ4n) is 1.69. The molecule has 1 aromatic heterocycles. The second-order valence-corrected chi connectivity index (χ2v) is 4.08. The van der Waals surface area contributed by atoms with Gasteiger partial charge in [-0.15, -0.1) is 0 Å². The van der Waals surface area contributed by atoms with Gasteiger partial charge in [0.05, 0.1) is 12.2 Å². The summed E-state index contributed by atoms with van der Waals surface area (Å²) < 4.78 is 18.3. The molecule has 1 heterocycles. The molecule has 0 bridgehead atoms. The van der Waals surface area contributed by atoms with Crippen molar-refractivity contribution in [1.29, 1.82) is 0 Å². The standard InChI is InChI=1S/C15H14FNO2/c16-14-8-2-1-7-13(14)15(18)19-10-4-6-12-5-3-9-17-11-12/h1-3,5,7-9,11H,4,6,10H2. The van der Waals surface area contributed by atoms with E-state index in [0.717, 1.165) is 12.0 Å². The molecule has 2 rings (SSSR count). The van der Waals surface area contributed by atoms with Crippen LogP contribution in [0.1, 0.15) is 22.3 Å². The lowest BCUT2D eigenvalue weighted by molar-refractivity contribution is 0.0495. The Balaban J connectivity index is 1.77. The molecule has 0 amide bonds. The number of esters is 1. The van der Waals surface area contributed by atoms with Crippen LogP contribution in [-0.4, -0.2) is 17.6 Å². The fraction of sp³-hybridized carbons (Fsp3) is 0.200. The van der Waals surface area contributed by atoms with Crippen LogP contribution in [0.15, 0.2) is 48.8 Å². The molecule has 19 heavy (non-hydrogen) atoms. The first kappa shape index (κ1) is 13.2. The number of pyridine rings is 1. The molecule has 0 aliphatic rings. The highest BCUT2D eigenvalue weighted by molar-refractivity contribution is 5.89. The maximum atomic E-state index is 13.3. The molecule has 0 aliphatic heterocycles. The van der Waals surface area contributed by atoms with E-state index in [1.165, 1.54) is 18.2 Å². The summed E-state index contributed by atoms with van der Waals surface area (Å²) in [5.41, 5.74) is 1.06. The van der Waals surface area contributed by atoms with Crippen LogP contribution < -0.4 is 0 Å². The average Bonchev–Trinajstić information content (AvgIpc) is 2.45. The van der Waals surface area contributed by atoms with E-state index in [9.17, 15) is 9.18 Å². The number of halogens is 1. The third kappa shape index (κ3) is 3.88.